The Bertz CT molecular complexity index is 1230. The first-order chi connectivity index (χ1) is 16.5. The SMILES string of the molecule is O=C(Nc1cccc(C(=O)N2CCC[C@H]2C(=O)O)n1)OCC1c2ccccc2-c2ccccc21. The summed E-state index contributed by atoms with van der Waals surface area (Å²) in [5.41, 5.74) is 4.58. The van der Waals surface area contributed by atoms with Gasteiger partial charge in [-0.25, -0.2) is 14.6 Å². The van der Waals surface area contributed by atoms with Crippen LogP contribution in [0.2, 0.25) is 0 Å². The van der Waals surface area contributed by atoms with Crippen molar-refractivity contribution in [1.29, 1.82) is 0 Å². The van der Waals surface area contributed by atoms with Gasteiger partial charge in [0, 0.05) is 12.5 Å². The molecule has 1 aliphatic carbocycles. The number of aromatic nitrogens is 1. The Morgan fingerprint density at radius 3 is 2.32 bits per heavy atom. The van der Waals surface area contributed by atoms with Crippen molar-refractivity contribution in [3.8, 4) is 11.1 Å². The van der Waals surface area contributed by atoms with Gasteiger partial charge in [-0.05, 0) is 47.2 Å². The maximum atomic E-state index is 12.8. The molecular weight excluding hydrogens is 434 g/mol. The highest BCUT2D eigenvalue weighted by atomic mass is 16.5. The van der Waals surface area contributed by atoms with E-state index in [9.17, 15) is 19.5 Å². The summed E-state index contributed by atoms with van der Waals surface area (Å²) >= 11 is 0. The lowest BCUT2D eigenvalue weighted by atomic mass is 9.98. The molecule has 3 aromatic rings. The highest BCUT2D eigenvalue weighted by Gasteiger charge is 2.35. The summed E-state index contributed by atoms with van der Waals surface area (Å²) in [5.74, 6) is -1.41. The summed E-state index contributed by atoms with van der Waals surface area (Å²) in [4.78, 5) is 42.2. The fourth-order valence-corrected chi connectivity index (χ4v) is 4.78. The predicted octanol–water partition coefficient (Wildman–Crippen LogP) is 4.13. The Balaban J connectivity index is 1.26. The summed E-state index contributed by atoms with van der Waals surface area (Å²) in [6.45, 7) is 0.522. The van der Waals surface area contributed by atoms with E-state index in [0.717, 1.165) is 22.3 Å². The number of nitrogens with one attached hydrogen (secondary N) is 1. The normalized spacial score (nSPS) is 16.6. The molecule has 2 aromatic carbocycles. The molecule has 2 heterocycles. The number of amides is 2. The van der Waals surface area contributed by atoms with Crippen molar-refractivity contribution in [2.24, 2.45) is 0 Å². The molecule has 1 saturated heterocycles. The number of carbonyl (C=O) groups is 3. The van der Waals surface area contributed by atoms with Gasteiger partial charge >= 0.3 is 12.1 Å². The van der Waals surface area contributed by atoms with Crippen molar-refractivity contribution in [3.63, 3.8) is 0 Å². The minimum atomic E-state index is -1.03. The second-order valence-corrected chi connectivity index (χ2v) is 8.35. The van der Waals surface area contributed by atoms with Crippen LogP contribution in [0.5, 0.6) is 0 Å². The van der Waals surface area contributed by atoms with Crippen molar-refractivity contribution < 1.29 is 24.2 Å². The van der Waals surface area contributed by atoms with Crippen LogP contribution in [0.25, 0.3) is 11.1 Å². The van der Waals surface area contributed by atoms with Crippen molar-refractivity contribution in [2.45, 2.75) is 24.8 Å². The molecule has 5 rings (SSSR count). The zero-order valence-electron chi connectivity index (χ0n) is 18.3. The molecular formula is C26H23N3O5. The van der Waals surface area contributed by atoms with E-state index < -0.39 is 24.0 Å². The minimum Gasteiger partial charge on any atom is -0.480 e. The van der Waals surface area contributed by atoms with Gasteiger partial charge in [-0.2, -0.15) is 0 Å². The van der Waals surface area contributed by atoms with E-state index in [1.807, 2.05) is 36.4 Å². The van der Waals surface area contributed by atoms with Crippen LogP contribution in [0.1, 0.15) is 40.4 Å². The topological polar surface area (TPSA) is 109 Å². The van der Waals surface area contributed by atoms with Gasteiger partial charge in [-0.15, -0.1) is 0 Å². The predicted molar refractivity (Wildman–Crippen MR) is 125 cm³/mol. The highest BCUT2D eigenvalue weighted by Crippen LogP contribution is 2.44. The monoisotopic (exact) mass is 457 g/mol. The van der Waals surface area contributed by atoms with Gasteiger partial charge in [0.2, 0.25) is 0 Å². The van der Waals surface area contributed by atoms with Crippen molar-refractivity contribution in [3.05, 3.63) is 83.6 Å². The van der Waals surface area contributed by atoms with Gasteiger partial charge in [-0.1, -0.05) is 54.6 Å². The van der Waals surface area contributed by atoms with E-state index in [1.54, 1.807) is 12.1 Å². The number of anilines is 1. The van der Waals surface area contributed by atoms with Gasteiger partial charge in [0.15, 0.2) is 0 Å². The Kier molecular flexibility index (Phi) is 5.71. The molecule has 1 aliphatic heterocycles. The lowest BCUT2D eigenvalue weighted by Gasteiger charge is -2.21. The zero-order chi connectivity index (χ0) is 23.7. The van der Waals surface area contributed by atoms with Crippen molar-refractivity contribution in [1.82, 2.24) is 9.88 Å². The highest BCUT2D eigenvalue weighted by molar-refractivity contribution is 5.96. The smallest absolute Gasteiger partial charge is 0.412 e. The van der Waals surface area contributed by atoms with Crippen LogP contribution >= 0.6 is 0 Å². The number of carbonyl (C=O) groups excluding carboxylic acids is 2. The molecule has 0 radical (unpaired) electrons. The lowest BCUT2D eigenvalue weighted by molar-refractivity contribution is -0.141. The number of pyridine rings is 1. The standard InChI is InChI=1S/C26H23N3O5/c30-24(29-14-6-12-22(29)25(31)32)21-11-5-13-23(27-21)28-26(33)34-15-20-18-9-3-1-7-16(18)17-8-2-4-10-19(17)20/h1-5,7-11,13,20,22H,6,12,14-15H2,(H,31,32)(H,27,28,33)/t22-/m0/s1. The lowest BCUT2D eigenvalue weighted by Crippen LogP contribution is -2.40. The number of ether oxygens (including phenoxy) is 1. The molecule has 8 nitrogen and oxygen atoms in total. The second-order valence-electron chi connectivity index (χ2n) is 8.35. The van der Waals surface area contributed by atoms with E-state index in [4.69, 9.17) is 4.74 Å². The molecule has 172 valence electrons. The molecule has 2 N–H and O–H groups in total. The number of fused-ring (bicyclic) bond motifs is 3. The molecule has 2 amide bonds. The first-order valence-electron chi connectivity index (χ1n) is 11.2. The van der Waals surface area contributed by atoms with Gasteiger partial charge < -0.3 is 14.7 Å². The van der Waals surface area contributed by atoms with E-state index in [0.29, 0.717) is 19.4 Å². The van der Waals surface area contributed by atoms with Gasteiger partial charge in [-0.3, -0.25) is 10.1 Å². The van der Waals surface area contributed by atoms with Gasteiger partial charge in [0.25, 0.3) is 5.91 Å². The van der Waals surface area contributed by atoms with Crippen LogP contribution < -0.4 is 5.32 Å². The summed E-state index contributed by atoms with van der Waals surface area (Å²) in [6, 6.07) is 19.9. The van der Waals surface area contributed by atoms with Gasteiger partial charge in [0.05, 0.1) is 0 Å². The average molecular weight is 457 g/mol. The van der Waals surface area contributed by atoms with Crippen LogP contribution in [0, 0.1) is 0 Å². The van der Waals surface area contributed by atoms with Gasteiger partial charge in [0.1, 0.15) is 24.2 Å². The van der Waals surface area contributed by atoms with E-state index in [2.05, 4.69) is 22.4 Å². The average Bonchev–Trinajstić information content (AvgIpc) is 3.46. The number of carboxylic acid groups (broad SMARTS) is 1. The largest absolute Gasteiger partial charge is 0.480 e. The van der Waals surface area contributed by atoms with Crippen molar-refractivity contribution in [2.75, 3.05) is 18.5 Å². The number of likely N-dealkylation sites (tertiary alicyclic amines) is 1. The Morgan fingerprint density at radius 1 is 0.971 bits per heavy atom. The molecule has 0 spiro atoms. The van der Waals surface area contributed by atoms with E-state index >= 15 is 0 Å². The van der Waals surface area contributed by atoms with Crippen LogP contribution in [-0.2, 0) is 9.53 Å². The van der Waals surface area contributed by atoms with Crippen molar-refractivity contribution >= 4 is 23.8 Å². The maximum Gasteiger partial charge on any atom is 0.412 e. The molecule has 0 saturated carbocycles. The molecule has 2 aliphatic rings. The third kappa shape index (κ3) is 3.98. The molecule has 1 atom stereocenters. The third-order valence-electron chi connectivity index (χ3n) is 6.34. The molecule has 1 fully saturated rings. The molecule has 0 unspecified atom stereocenters. The number of carboxylic acids is 1. The maximum absolute atomic E-state index is 12.8. The van der Waals surface area contributed by atoms with Crippen LogP contribution in [0.3, 0.4) is 0 Å². The van der Waals surface area contributed by atoms with Crippen LogP contribution in [-0.4, -0.2) is 52.2 Å². The Labute approximate surface area is 196 Å². The number of aliphatic carboxylic acids is 1. The fraction of sp³-hybridized carbons (Fsp3) is 0.231. The summed E-state index contributed by atoms with van der Waals surface area (Å²) in [7, 11) is 0. The fourth-order valence-electron chi connectivity index (χ4n) is 4.78. The summed E-state index contributed by atoms with van der Waals surface area (Å²) < 4.78 is 5.53. The van der Waals surface area contributed by atoms with Crippen LogP contribution in [0.15, 0.2) is 66.7 Å². The minimum absolute atomic E-state index is 0.0675. The number of hydrogen-bond donors (Lipinski definition) is 2. The number of hydrogen-bond acceptors (Lipinski definition) is 5. The summed E-state index contributed by atoms with van der Waals surface area (Å²) in [6.07, 6.45) is 0.364. The number of benzene rings is 2. The molecule has 8 heteroatoms. The first-order valence-corrected chi connectivity index (χ1v) is 11.2. The summed E-state index contributed by atoms with van der Waals surface area (Å²) in [5, 5.41) is 11.9. The van der Waals surface area contributed by atoms with Crippen LogP contribution in [0.4, 0.5) is 10.6 Å². The number of nitrogens with zero attached hydrogens (tertiary/aromatic N) is 2. The first kappa shape index (κ1) is 21.6. The molecule has 34 heavy (non-hydrogen) atoms. The zero-order valence-corrected chi connectivity index (χ0v) is 18.3. The second kappa shape index (κ2) is 8.97. The Hall–Kier alpha value is -4.20. The van der Waals surface area contributed by atoms with E-state index in [1.165, 1.54) is 11.0 Å². The molecule has 0 bridgehead atoms. The number of rotatable bonds is 5. The quantitative estimate of drug-likeness (QED) is 0.596. The Morgan fingerprint density at radius 2 is 1.65 bits per heavy atom. The molecule has 1 aromatic heterocycles. The van der Waals surface area contributed by atoms with E-state index in [-0.39, 0.29) is 24.0 Å². The third-order valence-corrected chi connectivity index (χ3v) is 6.34.